The molecular formula is C12H15BrN4. The molecule has 2 aromatic rings. The van der Waals surface area contributed by atoms with Gasteiger partial charge in [-0.1, -0.05) is 28.1 Å². The summed E-state index contributed by atoms with van der Waals surface area (Å²) in [6, 6.07) is 6.02. The zero-order valence-electron chi connectivity index (χ0n) is 9.89. The van der Waals surface area contributed by atoms with E-state index >= 15 is 0 Å². The lowest BCUT2D eigenvalue weighted by atomic mass is 9.99. The maximum Gasteiger partial charge on any atom is 0.138 e. The number of halogens is 1. The van der Waals surface area contributed by atoms with Crippen LogP contribution in [0.25, 0.3) is 0 Å². The second-order valence-electron chi connectivity index (χ2n) is 4.06. The van der Waals surface area contributed by atoms with E-state index in [4.69, 9.17) is 5.73 Å². The standard InChI is InChI=1S/C12H15BrN4/c1-8-9(4-3-5-10(8)13)11(14)6-12-15-7-16-17(12)2/h3-5,7,11H,6,14H2,1-2H3. The van der Waals surface area contributed by atoms with Crippen molar-refractivity contribution in [2.24, 2.45) is 12.8 Å². The first-order valence-electron chi connectivity index (χ1n) is 5.43. The zero-order chi connectivity index (χ0) is 12.4. The van der Waals surface area contributed by atoms with Gasteiger partial charge in [0.05, 0.1) is 0 Å². The molecule has 0 saturated heterocycles. The molecule has 90 valence electrons. The van der Waals surface area contributed by atoms with Crippen molar-refractivity contribution in [1.82, 2.24) is 14.8 Å². The monoisotopic (exact) mass is 294 g/mol. The summed E-state index contributed by atoms with van der Waals surface area (Å²) >= 11 is 3.52. The summed E-state index contributed by atoms with van der Waals surface area (Å²) in [6.07, 6.45) is 2.24. The van der Waals surface area contributed by atoms with Crippen LogP contribution in [0.1, 0.15) is 23.0 Å². The molecule has 0 aliphatic heterocycles. The van der Waals surface area contributed by atoms with Crippen LogP contribution in [-0.4, -0.2) is 14.8 Å². The van der Waals surface area contributed by atoms with E-state index in [-0.39, 0.29) is 6.04 Å². The molecule has 0 spiro atoms. The molecule has 1 aromatic carbocycles. The van der Waals surface area contributed by atoms with E-state index in [1.807, 2.05) is 19.2 Å². The van der Waals surface area contributed by atoms with Crippen LogP contribution < -0.4 is 5.73 Å². The molecule has 17 heavy (non-hydrogen) atoms. The van der Waals surface area contributed by atoms with Gasteiger partial charge in [-0.2, -0.15) is 5.10 Å². The Hall–Kier alpha value is -1.20. The highest BCUT2D eigenvalue weighted by Crippen LogP contribution is 2.24. The van der Waals surface area contributed by atoms with Gasteiger partial charge in [0.2, 0.25) is 0 Å². The van der Waals surface area contributed by atoms with E-state index in [9.17, 15) is 0 Å². The Morgan fingerprint density at radius 3 is 2.88 bits per heavy atom. The number of aromatic nitrogens is 3. The number of hydrogen-bond donors (Lipinski definition) is 1. The number of nitrogens with two attached hydrogens (primary N) is 1. The van der Waals surface area contributed by atoms with Crippen molar-refractivity contribution in [1.29, 1.82) is 0 Å². The van der Waals surface area contributed by atoms with Crippen molar-refractivity contribution in [2.45, 2.75) is 19.4 Å². The molecule has 0 fully saturated rings. The molecule has 0 aliphatic carbocycles. The van der Waals surface area contributed by atoms with Gasteiger partial charge in [-0.25, -0.2) is 4.98 Å². The van der Waals surface area contributed by atoms with Crippen LogP contribution in [0.15, 0.2) is 29.0 Å². The largest absolute Gasteiger partial charge is 0.324 e. The minimum atomic E-state index is -0.0598. The predicted octanol–water partition coefficient (Wildman–Crippen LogP) is 2.13. The van der Waals surface area contributed by atoms with Crippen molar-refractivity contribution in [2.75, 3.05) is 0 Å². The Labute approximate surface area is 109 Å². The summed E-state index contributed by atoms with van der Waals surface area (Å²) in [5, 5.41) is 4.04. The summed E-state index contributed by atoms with van der Waals surface area (Å²) in [7, 11) is 1.88. The van der Waals surface area contributed by atoms with Crippen molar-refractivity contribution in [3.63, 3.8) is 0 Å². The van der Waals surface area contributed by atoms with E-state index in [1.54, 1.807) is 11.0 Å². The summed E-state index contributed by atoms with van der Waals surface area (Å²) in [5.74, 6) is 0.900. The van der Waals surface area contributed by atoms with Crippen molar-refractivity contribution in [3.05, 3.63) is 46.0 Å². The molecule has 1 aromatic heterocycles. The summed E-state index contributed by atoms with van der Waals surface area (Å²) in [6.45, 7) is 2.07. The second kappa shape index (κ2) is 4.98. The van der Waals surface area contributed by atoms with E-state index in [0.29, 0.717) is 6.42 Å². The smallest absolute Gasteiger partial charge is 0.138 e. The fourth-order valence-corrected chi connectivity index (χ4v) is 2.22. The maximum atomic E-state index is 6.22. The average molecular weight is 295 g/mol. The molecule has 1 unspecified atom stereocenters. The first kappa shape index (κ1) is 12.3. The van der Waals surface area contributed by atoms with E-state index in [0.717, 1.165) is 15.9 Å². The highest BCUT2D eigenvalue weighted by atomic mass is 79.9. The molecule has 5 heteroatoms. The Bertz CT molecular complexity index is 521. The van der Waals surface area contributed by atoms with Crippen molar-refractivity contribution < 1.29 is 0 Å². The van der Waals surface area contributed by atoms with Crippen LogP contribution in [-0.2, 0) is 13.5 Å². The summed E-state index contributed by atoms with van der Waals surface area (Å²) in [4.78, 5) is 4.19. The maximum absolute atomic E-state index is 6.22. The lowest BCUT2D eigenvalue weighted by Gasteiger charge is -2.15. The fourth-order valence-electron chi connectivity index (χ4n) is 1.84. The van der Waals surface area contributed by atoms with Gasteiger partial charge < -0.3 is 5.73 Å². The minimum Gasteiger partial charge on any atom is -0.324 e. The van der Waals surface area contributed by atoms with Gasteiger partial charge in [0, 0.05) is 24.0 Å². The van der Waals surface area contributed by atoms with Gasteiger partial charge in [-0.15, -0.1) is 0 Å². The van der Waals surface area contributed by atoms with Crippen molar-refractivity contribution >= 4 is 15.9 Å². The third kappa shape index (κ3) is 2.56. The number of rotatable bonds is 3. The van der Waals surface area contributed by atoms with Gasteiger partial charge in [0.25, 0.3) is 0 Å². The molecule has 0 bridgehead atoms. The molecule has 1 heterocycles. The Morgan fingerprint density at radius 2 is 2.24 bits per heavy atom. The zero-order valence-corrected chi connectivity index (χ0v) is 11.5. The summed E-state index contributed by atoms with van der Waals surface area (Å²) < 4.78 is 2.84. The van der Waals surface area contributed by atoms with Gasteiger partial charge in [0.15, 0.2) is 0 Å². The minimum absolute atomic E-state index is 0.0598. The average Bonchev–Trinajstić information content (AvgIpc) is 2.68. The Morgan fingerprint density at radius 1 is 1.47 bits per heavy atom. The normalized spacial score (nSPS) is 12.7. The van der Waals surface area contributed by atoms with Crippen molar-refractivity contribution in [3.8, 4) is 0 Å². The van der Waals surface area contributed by atoms with E-state index in [1.165, 1.54) is 5.56 Å². The highest BCUT2D eigenvalue weighted by Gasteiger charge is 2.13. The highest BCUT2D eigenvalue weighted by molar-refractivity contribution is 9.10. The Balaban J connectivity index is 2.23. The van der Waals surface area contributed by atoms with Crippen LogP contribution >= 0.6 is 15.9 Å². The van der Waals surface area contributed by atoms with Gasteiger partial charge >= 0.3 is 0 Å². The SMILES string of the molecule is Cc1c(Br)cccc1C(N)Cc1ncnn1C. The second-order valence-corrected chi connectivity index (χ2v) is 4.92. The first-order valence-corrected chi connectivity index (χ1v) is 6.22. The van der Waals surface area contributed by atoms with Gasteiger partial charge in [-0.3, -0.25) is 4.68 Å². The lowest BCUT2D eigenvalue weighted by molar-refractivity contribution is 0.627. The number of benzene rings is 1. The van der Waals surface area contributed by atoms with Crippen LogP contribution in [0.2, 0.25) is 0 Å². The quantitative estimate of drug-likeness (QED) is 0.943. The molecule has 1 atom stereocenters. The molecular weight excluding hydrogens is 280 g/mol. The molecule has 2 N–H and O–H groups in total. The first-order chi connectivity index (χ1) is 8.09. The molecule has 0 saturated carbocycles. The third-order valence-corrected chi connectivity index (χ3v) is 3.78. The number of hydrogen-bond acceptors (Lipinski definition) is 3. The van der Waals surface area contributed by atoms with Crippen LogP contribution in [0.5, 0.6) is 0 Å². The topological polar surface area (TPSA) is 56.7 Å². The fraction of sp³-hybridized carbons (Fsp3) is 0.333. The van der Waals surface area contributed by atoms with E-state index in [2.05, 4.69) is 39.0 Å². The van der Waals surface area contributed by atoms with Gasteiger partial charge in [-0.05, 0) is 24.1 Å². The van der Waals surface area contributed by atoms with Crippen LogP contribution in [0.3, 0.4) is 0 Å². The molecule has 0 amide bonds. The molecule has 2 rings (SSSR count). The van der Waals surface area contributed by atoms with Crippen LogP contribution in [0.4, 0.5) is 0 Å². The number of aryl methyl sites for hydroxylation is 1. The molecule has 0 radical (unpaired) electrons. The number of nitrogens with zero attached hydrogens (tertiary/aromatic N) is 3. The van der Waals surface area contributed by atoms with Gasteiger partial charge in [0.1, 0.15) is 12.2 Å². The predicted molar refractivity (Wildman–Crippen MR) is 70.5 cm³/mol. The van der Waals surface area contributed by atoms with E-state index < -0.39 is 0 Å². The lowest BCUT2D eigenvalue weighted by Crippen LogP contribution is -2.17. The Kier molecular flexibility index (Phi) is 3.59. The third-order valence-electron chi connectivity index (χ3n) is 2.92. The van der Waals surface area contributed by atoms with Crippen LogP contribution in [0, 0.1) is 6.92 Å². The molecule has 0 aliphatic rings. The summed E-state index contributed by atoms with van der Waals surface area (Å²) in [5.41, 5.74) is 8.55. The molecule has 4 nitrogen and oxygen atoms in total.